The van der Waals surface area contributed by atoms with Crippen LogP contribution in [0.3, 0.4) is 0 Å². The molecule has 3 aromatic carbocycles. The average molecular weight is 396 g/mol. The van der Waals surface area contributed by atoms with E-state index in [2.05, 4.69) is 15.4 Å². The number of anilines is 1. The van der Waals surface area contributed by atoms with Crippen LogP contribution in [0.5, 0.6) is 0 Å². The maximum atomic E-state index is 12.9. The third kappa shape index (κ3) is 4.01. The molecule has 0 aliphatic heterocycles. The Morgan fingerprint density at radius 3 is 2.07 bits per heavy atom. The zero-order valence-corrected chi connectivity index (χ0v) is 17.6. The van der Waals surface area contributed by atoms with E-state index in [1.54, 1.807) is 4.68 Å². The number of nitrogens with zero attached hydrogens (tertiary/aromatic N) is 3. The van der Waals surface area contributed by atoms with Gasteiger partial charge in [0, 0.05) is 11.3 Å². The fraction of sp³-hybridized carbons (Fsp3) is 0.160. The summed E-state index contributed by atoms with van der Waals surface area (Å²) in [6.45, 7) is 8.13. The lowest BCUT2D eigenvalue weighted by Gasteiger charge is -2.06. The van der Waals surface area contributed by atoms with Crippen LogP contribution in [0.15, 0.2) is 66.7 Å². The molecule has 0 fully saturated rings. The standard InChI is InChI=1S/C25H24N4O/c1-16-5-10-20(11-6-16)24-27-23(28-29(24)22-13-7-17(2)8-14-22)25(30)26-21-12-9-18(3)19(4)15-21/h5-15H,1-4H3,(H,26,30). The van der Waals surface area contributed by atoms with E-state index in [1.165, 1.54) is 5.56 Å². The van der Waals surface area contributed by atoms with Gasteiger partial charge in [-0.15, -0.1) is 5.10 Å². The van der Waals surface area contributed by atoms with Gasteiger partial charge in [-0.3, -0.25) is 4.79 Å². The SMILES string of the molecule is Cc1ccc(-c2nc(C(=O)Nc3ccc(C)c(C)c3)nn2-c2ccc(C)cc2)cc1. The lowest BCUT2D eigenvalue weighted by Crippen LogP contribution is -2.14. The van der Waals surface area contributed by atoms with Crippen LogP contribution in [0, 0.1) is 27.7 Å². The molecule has 0 aliphatic carbocycles. The van der Waals surface area contributed by atoms with Gasteiger partial charge in [-0.05, 0) is 63.1 Å². The summed E-state index contributed by atoms with van der Waals surface area (Å²) in [5.74, 6) is 0.422. The normalized spacial score (nSPS) is 10.8. The van der Waals surface area contributed by atoms with Crippen molar-refractivity contribution >= 4 is 11.6 Å². The molecule has 0 unspecified atom stereocenters. The minimum Gasteiger partial charge on any atom is -0.319 e. The molecule has 5 nitrogen and oxygen atoms in total. The number of carbonyl (C=O) groups is 1. The van der Waals surface area contributed by atoms with E-state index in [0.717, 1.165) is 33.6 Å². The Bertz CT molecular complexity index is 1140. The van der Waals surface area contributed by atoms with E-state index in [1.807, 2.05) is 94.4 Å². The van der Waals surface area contributed by atoms with E-state index in [9.17, 15) is 4.79 Å². The van der Waals surface area contributed by atoms with E-state index >= 15 is 0 Å². The second-order valence-electron chi connectivity index (χ2n) is 7.63. The van der Waals surface area contributed by atoms with Gasteiger partial charge in [0.25, 0.3) is 5.91 Å². The highest BCUT2D eigenvalue weighted by Crippen LogP contribution is 2.23. The molecule has 5 heteroatoms. The van der Waals surface area contributed by atoms with E-state index in [4.69, 9.17) is 0 Å². The number of amides is 1. The third-order valence-corrected chi connectivity index (χ3v) is 5.16. The van der Waals surface area contributed by atoms with Crippen molar-refractivity contribution in [3.8, 4) is 17.1 Å². The van der Waals surface area contributed by atoms with Crippen molar-refractivity contribution in [1.29, 1.82) is 0 Å². The predicted octanol–water partition coefficient (Wildman–Crippen LogP) is 5.42. The maximum absolute atomic E-state index is 12.9. The Labute approximate surface area is 176 Å². The molecular weight excluding hydrogens is 372 g/mol. The quantitative estimate of drug-likeness (QED) is 0.501. The number of hydrogen-bond donors (Lipinski definition) is 1. The first-order chi connectivity index (χ1) is 14.4. The highest BCUT2D eigenvalue weighted by molar-refractivity contribution is 6.01. The van der Waals surface area contributed by atoms with Gasteiger partial charge >= 0.3 is 0 Å². The number of rotatable bonds is 4. The molecule has 1 heterocycles. The molecule has 1 amide bonds. The third-order valence-electron chi connectivity index (χ3n) is 5.16. The summed E-state index contributed by atoms with van der Waals surface area (Å²) in [6.07, 6.45) is 0. The van der Waals surface area contributed by atoms with E-state index in [-0.39, 0.29) is 11.7 Å². The Morgan fingerprint density at radius 1 is 0.800 bits per heavy atom. The second-order valence-corrected chi connectivity index (χ2v) is 7.63. The minimum atomic E-state index is -0.336. The Hall–Kier alpha value is -3.73. The van der Waals surface area contributed by atoms with Crippen LogP contribution in [-0.4, -0.2) is 20.7 Å². The molecular formula is C25H24N4O. The molecule has 150 valence electrons. The first-order valence-electron chi connectivity index (χ1n) is 9.90. The molecule has 1 aromatic heterocycles. The van der Waals surface area contributed by atoms with Crippen LogP contribution in [0.2, 0.25) is 0 Å². The van der Waals surface area contributed by atoms with Crippen molar-refractivity contribution in [3.63, 3.8) is 0 Å². The summed E-state index contributed by atoms with van der Waals surface area (Å²) in [4.78, 5) is 17.5. The van der Waals surface area contributed by atoms with Crippen LogP contribution < -0.4 is 5.32 Å². The zero-order chi connectivity index (χ0) is 21.3. The van der Waals surface area contributed by atoms with Crippen LogP contribution in [-0.2, 0) is 0 Å². The van der Waals surface area contributed by atoms with Gasteiger partial charge in [-0.1, -0.05) is 53.6 Å². The molecule has 4 rings (SSSR count). The highest BCUT2D eigenvalue weighted by Gasteiger charge is 2.19. The fourth-order valence-electron chi connectivity index (χ4n) is 3.17. The van der Waals surface area contributed by atoms with E-state index in [0.29, 0.717) is 5.82 Å². The molecule has 4 aromatic rings. The lowest BCUT2D eigenvalue weighted by atomic mass is 10.1. The number of benzene rings is 3. The number of aromatic nitrogens is 3. The smallest absolute Gasteiger partial charge is 0.295 e. The van der Waals surface area contributed by atoms with E-state index < -0.39 is 0 Å². The van der Waals surface area contributed by atoms with Gasteiger partial charge in [0.2, 0.25) is 5.82 Å². The lowest BCUT2D eigenvalue weighted by molar-refractivity contribution is 0.101. The van der Waals surface area contributed by atoms with Gasteiger partial charge < -0.3 is 5.32 Å². The van der Waals surface area contributed by atoms with Gasteiger partial charge in [-0.25, -0.2) is 9.67 Å². The fourth-order valence-corrected chi connectivity index (χ4v) is 3.17. The van der Waals surface area contributed by atoms with Crippen LogP contribution in [0.1, 0.15) is 32.9 Å². The van der Waals surface area contributed by atoms with Crippen molar-refractivity contribution < 1.29 is 4.79 Å². The summed E-state index contributed by atoms with van der Waals surface area (Å²) in [7, 11) is 0. The van der Waals surface area contributed by atoms with Gasteiger partial charge in [0.1, 0.15) is 0 Å². The van der Waals surface area contributed by atoms with Gasteiger partial charge in [0.15, 0.2) is 5.82 Å². The molecule has 0 saturated heterocycles. The zero-order valence-electron chi connectivity index (χ0n) is 17.6. The topological polar surface area (TPSA) is 59.8 Å². The monoisotopic (exact) mass is 396 g/mol. The van der Waals surface area contributed by atoms with Crippen molar-refractivity contribution in [2.24, 2.45) is 0 Å². The second kappa shape index (κ2) is 7.95. The first kappa shape index (κ1) is 19.6. The number of nitrogens with one attached hydrogen (secondary N) is 1. The Morgan fingerprint density at radius 2 is 1.43 bits per heavy atom. The molecule has 30 heavy (non-hydrogen) atoms. The summed E-state index contributed by atoms with van der Waals surface area (Å²) < 4.78 is 1.72. The van der Waals surface area contributed by atoms with Gasteiger partial charge in [0.05, 0.1) is 5.69 Å². The number of aryl methyl sites for hydroxylation is 4. The van der Waals surface area contributed by atoms with Crippen molar-refractivity contribution in [3.05, 3.63) is 94.8 Å². The Balaban J connectivity index is 1.74. The van der Waals surface area contributed by atoms with Crippen molar-refractivity contribution in [1.82, 2.24) is 14.8 Å². The summed E-state index contributed by atoms with van der Waals surface area (Å²) >= 11 is 0. The molecule has 0 aliphatic rings. The largest absolute Gasteiger partial charge is 0.319 e. The average Bonchev–Trinajstić information content (AvgIpc) is 3.17. The summed E-state index contributed by atoms with van der Waals surface area (Å²) in [6, 6.07) is 21.9. The van der Waals surface area contributed by atoms with Crippen LogP contribution in [0.25, 0.3) is 17.1 Å². The van der Waals surface area contributed by atoms with Crippen LogP contribution >= 0.6 is 0 Å². The first-order valence-corrected chi connectivity index (χ1v) is 9.90. The molecule has 0 bridgehead atoms. The Kier molecular flexibility index (Phi) is 5.19. The number of hydrogen-bond acceptors (Lipinski definition) is 3. The molecule has 0 radical (unpaired) electrons. The molecule has 1 N–H and O–H groups in total. The maximum Gasteiger partial charge on any atom is 0.295 e. The summed E-state index contributed by atoms with van der Waals surface area (Å²) in [5, 5.41) is 7.45. The van der Waals surface area contributed by atoms with Crippen LogP contribution in [0.4, 0.5) is 5.69 Å². The highest BCUT2D eigenvalue weighted by atomic mass is 16.2. The number of carbonyl (C=O) groups excluding carboxylic acids is 1. The predicted molar refractivity (Wildman–Crippen MR) is 120 cm³/mol. The molecule has 0 spiro atoms. The summed E-state index contributed by atoms with van der Waals surface area (Å²) in [5.41, 5.74) is 7.10. The molecule has 0 saturated carbocycles. The molecule has 0 atom stereocenters. The van der Waals surface area contributed by atoms with Gasteiger partial charge in [-0.2, -0.15) is 0 Å². The minimum absolute atomic E-state index is 0.129. The van der Waals surface area contributed by atoms with Crippen molar-refractivity contribution in [2.75, 3.05) is 5.32 Å². The van der Waals surface area contributed by atoms with Crippen molar-refractivity contribution in [2.45, 2.75) is 27.7 Å².